The molecular weight excluding hydrogens is 480 g/mol. The smallest absolute Gasteiger partial charge is 0.308 e. The molecule has 0 saturated heterocycles. The highest BCUT2D eigenvalue weighted by molar-refractivity contribution is 7.15. The van der Waals surface area contributed by atoms with E-state index in [0.717, 1.165) is 39.6 Å². The van der Waals surface area contributed by atoms with E-state index in [1.165, 1.54) is 10.4 Å². The van der Waals surface area contributed by atoms with Crippen LogP contribution in [0.15, 0.2) is 23.2 Å². The second-order valence-corrected chi connectivity index (χ2v) is 12.2. The van der Waals surface area contributed by atoms with Crippen LogP contribution in [0.2, 0.25) is 5.02 Å². The van der Waals surface area contributed by atoms with E-state index in [1.54, 1.807) is 11.3 Å². The van der Waals surface area contributed by atoms with Crippen molar-refractivity contribution in [2.24, 2.45) is 10.9 Å². The zero-order valence-electron chi connectivity index (χ0n) is 21.7. The van der Waals surface area contributed by atoms with Crippen molar-refractivity contribution >= 4 is 34.6 Å². The van der Waals surface area contributed by atoms with E-state index >= 15 is 0 Å². The number of halogens is 1. The van der Waals surface area contributed by atoms with E-state index in [4.69, 9.17) is 21.3 Å². The summed E-state index contributed by atoms with van der Waals surface area (Å²) in [5.41, 5.74) is 4.71. The molecule has 4 rings (SSSR count). The molecular formula is C27H33ClN4O2S. The van der Waals surface area contributed by atoms with Crippen LogP contribution in [0.3, 0.4) is 0 Å². The molecule has 2 aromatic heterocycles. The van der Waals surface area contributed by atoms with Crippen LogP contribution in [0, 0.1) is 26.7 Å². The Morgan fingerprint density at radius 1 is 1.20 bits per heavy atom. The fourth-order valence-corrected chi connectivity index (χ4v) is 5.86. The fraction of sp³-hybridized carbons (Fsp3) is 0.481. The van der Waals surface area contributed by atoms with Crippen molar-refractivity contribution in [2.45, 2.75) is 79.9 Å². The number of hydrogen-bond acceptors (Lipinski definition) is 6. The lowest BCUT2D eigenvalue weighted by molar-refractivity contribution is -0.155. The molecule has 3 heterocycles. The third kappa shape index (κ3) is 5.21. The molecule has 6 nitrogen and oxygen atoms in total. The zero-order chi connectivity index (χ0) is 25.7. The highest BCUT2D eigenvalue weighted by Gasteiger charge is 2.34. The summed E-state index contributed by atoms with van der Waals surface area (Å²) in [6, 6.07) is 5.48. The van der Waals surface area contributed by atoms with Crippen molar-refractivity contribution in [3.8, 4) is 5.00 Å². The van der Waals surface area contributed by atoms with Gasteiger partial charge in [0.25, 0.3) is 0 Å². The number of aryl methyl sites for hydroxylation is 2. The van der Waals surface area contributed by atoms with Crippen molar-refractivity contribution in [3.05, 3.63) is 62.0 Å². The number of hydrogen-bond donors (Lipinski definition) is 0. The van der Waals surface area contributed by atoms with E-state index < -0.39 is 11.6 Å². The lowest BCUT2D eigenvalue weighted by Gasteiger charge is -2.21. The predicted octanol–water partition coefficient (Wildman–Crippen LogP) is 6.73. The normalized spacial score (nSPS) is 15.5. The number of fused-ring (bicyclic) bond motifs is 3. The summed E-state index contributed by atoms with van der Waals surface area (Å²) in [5.74, 6) is 1.56. The van der Waals surface area contributed by atoms with Gasteiger partial charge in [-0.3, -0.25) is 14.4 Å². The minimum atomic E-state index is -0.579. The number of rotatable bonds is 5. The van der Waals surface area contributed by atoms with Crippen molar-refractivity contribution in [2.75, 3.05) is 0 Å². The monoisotopic (exact) mass is 512 g/mol. The average molecular weight is 513 g/mol. The lowest BCUT2D eigenvalue weighted by Crippen LogP contribution is -2.25. The van der Waals surface area contributed by atoms with Gasteiger partial charge >= 0.3 is 5.97 Å². The van der Waals surface area contributed by atoms with Crippen LogP contribution in [0.25, 0.3) is 5.00 Å². The first-order valence-electron chi connectivity index (χ1n) is 12.0. The van der Waals surface area contributed by atoms with Gasteiger partial charge in [-0.2, -0.15) is 0 Å². The van der Waals surface area contributed by atoms with Crippen molar-refractivity contribution in [1.29, 1.82) is 0 Å². The molecule has 1 atom stereocenters. The molecule has 3 aromatic rings. The Morgan fingerprint density at radius 2 is 1.91 bits per heavy atom. The molecule has 0 aliphatic carbocycles. The van der Waals surface area contributed by atoms with Gasteiger partial charge in [-0.15, -0.1) is 21.5 Å². The maximum atomic E-state index is 12.9. The fourth-order valence-electron chi connectivity index (χ4n) is 4.45. The number of carbonyl (C=O) groups excluding carboxylic acids is 1. The maximum absolute atomic E-state index is 12.9. The van der Waals surface area contributed by atoms with Gasteiger partial charge in [0.1, 0.15) is 22.5 Å². The molecule has 1 aliphatic heterocycles. The number of aliphatic imine (C=N–C) groups is 1. The van der Waals surface area contributed by atoms with E-state index in [9.17, 15) is 4.79 Å². The van der Waals surface area contributed by atoms with Crippen molar-refractivity contribution in [3.63, 3.8) is 0 Å². The molecule has 1 aliphatic rings. The lowest BCUT2D eigenvalue weighted by atomic mass is 9.91. The van der Waals surface area contributed by atoms with Gasteiger partial charge in [-0.1, -0.05) is 31.5 Å². The molecule has 0 saturated carbocycles. The third-order valence-electron chi connectivity index (χ3n) is 5.97. The summed E-state index contributed by atoms with van der Waals surface area (Å²) >= 11 is 8.12. The second-order valence-electron chi connectivity index (χ2n) is 10.6. The van der Waals surface area contributed by atoms with Gasteiger partial charge in [-0.05, 0) is 77.1 Å². The third-order valence-corrected chi connectivity index (χ3v) is 7.40. The quantitative estimate of drug-likeness (QED) is 0.355. The molecule has 0 unspecified atom stereocenters. The highest BCUT2D eigenvalue weighted by atomic mass is 35.5. The SMILES string of the molecule is Cc1sc2c(c1C)C(c1ccc(Cl)cc1CC(C)C)=N[C@@H](CC(=O)OC(C)(C)C)c1nnc(C)n1-2. The number of thiophene rings is 1. The largest absolute Gasteiger partial charge is 0.460 e. The Kier molecular flexibility index (Phi) is 6.95. The molecule has 0 N–H and O–H groups in total. The molecule has 0 bridgehead atoms. The number of esters is 1. The predicted molar refractivity (Wildman–Crippen MR) is 142 cm³/mol. The molecule has 186 valence electrons. The second kappa shape index (κ2) is 9.51. The minimum Gasteiger partial charge on any atom is -0.460 e. The van der Waals surface area contributed by atoms with Crippen LogP contribution < -0.4 is 0 Å². The minimum absolute atomic E-state index is 0.0823. The van der Waals surface area contributed by atoms with Crippen LogP contribution >= 0.6 is 22.9 Å². The van der Waals surface area contributed by atoms with E-state index in [2.05, 4.69) is 48.5 Å². The Balaban J connectivity index is 1.96. The van der Waals surface area contributed by atoms with Crippen molar-refractivity contribution in [1.82, 2.24) is 14.8 Å². The van der Waals surface area contributed by atoms with Crippen LogP contribution in [-0.4, -0.2) is 32.0 Å². The maximum Gasteiger partial charge on any atom is 0.308 e. The van der Waals surface area contributed by atoms with Gasteiger partial charge in [0.2, 0.25) is 0 Å². The number of benzene rings is 1. The van der Waals surface area contributed by atoms with E-state index in [-0.39, 0.29) is 12.4 Å². The van der Waals surface area contributed by atoms with Gasteiger partial charge in [0.05, 0.1) is 12.1 Å². The standard InChI is InChI=1S/C27H33ClN4O2S/c1-14(2)11-18-12-19(28)9-10-20(18)24-23-15(3)16(4)35-26(23)32-17(5)30-31-25(32)21(29-24)13-22(33)34-27(6,7)8/h9-10,12,14,21H,11,13H2,1-8H3/t21-/m0/s1. The van der Waals surface area contributed by atoms with Gasteiger partial charge < -0.3 is 4.74 Å². The van der Waals surface area contributed by atoms with Crippen molar-refractivity contribution < 1.29 is 9.53 Å². The van der Waals surface area contributed by atoms with Gasteiger partial charge in [0, 0.05) is 21.0 Å². The number of aromatic nitrogens is 3. The van der Waals surface area contributed by atoms with Crippen LogP contribution in [0.1, 0.15) is 85.9 Å². The average Bonchev–Trinajstić information content (AvgIpc) is 3.19. The summed E-state index contributed by atoms with van der Waals surface area (Å²) in [7, 11) is 0. The molecule has 0 fully saturated rings. The van der Waals surface area contributed by atoms with Crippen LogP contribution in [0.5, 0.6) is 0 Å². The van der Waals surface area contributed by atoms with Crippen LogP contribution in [0.4, 0.5) is 0 Å². The Hall–Kier alpha value is -2.51. The first-order chi connectivity index (χ1) is 16.4. The Labute approximate surface area is 216 Å². The summed E-state index contributed by atoms with van der Waals surface area (Å²) in [6.45, 7) is 16.2. The Morgan fingerprint density at radius 3 is 2.57 bits per heavy atom. The first kappa shape index (κ1) is 25.6. The first-order valence-corrected chi connectivity index (χ1v) is 13.2. The summed E-state index contributed by atoms with van der Waals surface area (Å²) in [5, 5.41) is 10.6. The molecule has 0 amide bonds. The molecule has 8 heteroatoms. The van der Waals surface area contributed by atoms with E-state index in [0.29, 0.717) is 16.8 Å². The molecule has 0 spiro atoms. The summed E-state index contributed by atoms with van der Waals surface area (Å²) in [6.07, 6.45) is 0.952. The van der Waals surface area contributed by atoms with Gasteiger partial charge in [-0.25, -0.2) is 0 Å². The van der Waals surface area contributed by atoms with Crippen LogP contribution in [-0.2, 0) is 16.0 Å². The zero-order valence-corrected chi connectivity index (χ0v) is 23.3. The Bertz CT molecular complexity index is 1310. The number of ether oxygens (including phenoxy) is 1. The molecule has 1 aromatic carbocycles. The van der Waals surface area contributed by atoms with Gasteiger partial charge in [0.15, 0.2) is 5.82 Å². The highest BCUT2D eigenvalue weighted by Crippen LogP contribution is 2.40. The summed E-state index contributed by atoms with van der Waals surface area (Å²) in [4.78, 5) is 19.4. The van der Waals surface area contributed by atoms with E-state index in [1.807, 2.05) is 39.8 Å². The number of carbonyl (C=O) groups is 1. The number of nitrogens with zero attached hydrogens (tertiary/aromatic N) is 4. The molecule has 35 heavy (non-hydrogen) atoms. The topological polar surface area (TPSA) is 69.4 Å². The molecule has 0 radical (unpaired) electrons. The summed E-state index contributed by atoms with van der Waals surface area (Å²) < 4.78 is 7.72.